The van der Waals surface area contributed by atoms with Gasteiger partial charge in [0.25, 0.3) is 0 Å². The Labute approximate surface area is 218 Å². The summed E-state index contributed by atoms with van der Waals surface area (Å²) in [5, 5.41) is 11.5. The second-order valence-corrected chi connectivity index (χ2v) is 10.1. The van der Waals surface area contributed by atoms with Crippen LogP contribution in [0.4, 0.5) is 0 Å². The second kappa shape index (κ2) is 8.70. The standard InChI is InChI=1S/C32H25N3.C2H6/c1-20-12-14-21(15-13-20)30-33-34-31-26-10-5-4-8-23(26)27(19-35(30)31)22-16-17-25-24-9-6-7-11-28(24)32(2,3)29(25)18-22;1-2/h4-19H,1-3H3;1-2H3. The largest absolute Gasteiger partial charge is 0.281 e. The molecule has 0 saturated carbocycles. The summed E-state index contributed by atoms with van der Waals surface area (Å²) in [4.78, 5) is 0. The van der Waals surface area contributed by atoms with Crippen LogP contribution < -0.4 is 0 Å². The fraction of sp³-hybridized carbons (Fsp3) is 0.176. The molecular formula is C34H31N3. The van der Waals surface area contributed by atoms with E-state index in [9.17, 15) is 0 Å². The van der Waals surface area contributed by atoms with Crippen LogP contribution in [0.5, 0.6) is 0 Å². The van der Waals surface area contributed by atoms with Crippen LogP contribution in [0.15, 0.2) is 97.2 Å². The van der Waals surface area contributed by atoms with Gasteiger partial charge in [0.2, 0.25) is 0 Å². The van der Waals surface area contributed by atoms with Crippen molar-refractivity contribution in [3.63, 3.8) is 0 Å². The van der Waals surface area contributed by atoms with Crippen molar-refractivity contribution in [2.45, 2.75) is 40.0 Å². The van der Waals surface area contributed by atoms with Crippen LogP contribution in [0.3, 0.4) is 0 Å². The van der Waals surface area contributed by atoms with Gasteiger partial charge >= 0.3 is 0 Å². The number of hydrogen-bond acceptors (Lipinski definition) is 2. The van der Waals surface area contributed by atoms with E-state index < -0.39 is 0 Å². The molecule has 37 heavy (non-hydrogen) atoms. The minimum Gasteiger partial charge on any atom is -0.281 e. The number of aromatic nitrogens is 3. The maximum Gasteiger partial charge on any atom is 0.169 e. The summed E-state index contributed by atoms with van der Waals surface area (Å²) in [6, 6.07) is 32.8. The highest BCUT2D eigenvalue weighted by Crippen LogP contribution is 2.49. The van der Waals surface area contributed by atoms with Gasteiger partial charge in [-0.25, -0.2) is 0 Å². The highest BCUT2D eigenvalue weighted by atomic mass is 15.2. The van der Waals surface area contributed by atoms with Crippen molar-refractivity contribution in [3.8, 4) is 33.6 Å². The predicted molar refractivity (Wildman–Crippen MR) is 155 cm³/mol. The monoisotopic (exact) mass is 481 g/mol. The van der Waals surface area contributed by atoms with Gasteiger partial charge in [-0.2, -0.15) is 0 Å². The molecule has 2 heterocycles. The van der Waals surface area contributed by atoms with Crippen molar-refractivity contribution in [2.75, 3.05) is 0 Å². The van der Waals surface area contributed by atoms with E-state index >= 15 is 0 Å². The minimum atomic E-state index is -0.0362. The number of aryl methyl sites for hydroxylation is 1. The highest BCUT2D eigenvalue weighted by Gasteiger charge is 2.35. The number of nitrogens with zero attached hydrogens (tertiary/aromatic N) is 3. The highest BCUT2D eigenvalue weighted by molar-refractivity contribution is 6.04. The predicted octanol–water partition coefficient (Wildman–Crippen LogP) is 8.86. The molecule has 0 bridgehead atoms. The normalized spacial score (nSPS) is 13.2. The number of fused-ring (bicyclic) bond motifs is 6. The van der Waals surface area contributed by atoms with Crippen LogP contribution in [-0.2, 0) is 5.41 Å². The molecule has 0 atom stereocenters. The average Bonchev–Trinajstić information content (AvgIpc) is 3.47. The molecule has 0 N–H and O–H groups in total. The molecule has 0 unspecified atom stereocenters. The number of pyridine rings is 1. The Morgan fingerprint density at radius 2 is 1.27 bits per heavy atom. The topological polar surface area (TPSA) is 30.2 Å². The first-order valence-corrected chi connectivity index (χ1v) is 13.1. The molecule has 1 aliphatic rings. The summed E-state index contributed by atoms with van der Waals surface area (Å²) in [6.07, 6.45) is 2.21. The van der Waals surface area contributed by atoms with Crippen LogP contribution in [-0.4, -0.2) is 14.6 Å². The van der Waals surface area contributed by atoms with E-state index in [4.69, 9.17) is 0 Å². The molecule has 3 nitrogen and oxygen atoms in total. The lowest BCUT2D eigenvalue weighted by molar-refractivity contribution is 0.660. The number of benzene rings is 4. The van der Waals surface area contributed by atoms with Crippen LogP contribution in [0.2, 0.25) is 0 Å². The van der Waals surface area contributed by atoms with Gasteiger partial charge < -0.3 is 0 Å². The molecule has 6 aromatic rings. The molecule has 3 heteroatoms. The van der Waals surface area contributed by atoms with E-state index in [-0.39, 0.29) is 5.41 Å². The smallest absolute Gasteiger partial charge is 0.169 e. The van der Waals surface area contributed by atoms with Crippen molar-refractivity contribution >= 4 is 16.4 Å². The molecular weight excluding hydrogens is 450 g/mol. The zero-order valence-electron chi connectivity index (χ0n) is 22.1. The van der Waals surface area contributed by atoms with Gasteiger partial charge in [-0.1, -0.05) is 118 Å². The first-order chi connectivity index (χ1) is 18.0. The van der Waals surface area contributed by atoms with Gasteiger partial charge in [0, 0.05) is 28.1 Å². The summed E-state index contributed by atoms with van der Waals surface area (Å²) in [5.74, 6) is 0.862. The number of rotatable bonds is 2. The zero-order chi connectivity index (χ0) is 25.7. The third-order valence-corrected chi connectivity index (χ3v) is 7.62. The maximum atomic E-state index is 4.60. The zero-order valence-corrected chi connectivity index (χ0v) is 22.1. The number of hydrogen-bond donors (Lipinski definition) is 0. The van der Waals surface area contributed by atoms with Crippen molar-refractivity contribution in [2.24, 2.45) is 0 Å². The van der Waals surface area contributed by atoms with Crippen LogP contribution in [0.25, 0.3) is 50.1 Å². The van der Waals surface area contributed by atoms with Gasteiger partial charge in [0.15, 0.2) is 11.5 Å². The Morgan fingerprint density at radius 3 is 2.05 bits per heavy atom. The quantitative estimate of drug-likeness (QED) is 0.247. The third kappa shape index (κ3) is 3.49. The molecule has 4 aromatic carbocycles. The average molecular weight is 482 g/mol. The molecule has 0 spiro atoms. The lowest BCUT2D eigenvalue weighted by Gasteiger charge is -2.22. The fourth-order valence-corrected chi connectivity index (χ4v) is 5.71. The first kappa shape index (κ1) is 23.2. The van der Waals surface area contributed by atoms with E-state index in [2.05, 4.69) is 133 Å². The molecule has 1 aliphatic carbocycles. The van der Waals surface area contributed by atoms with Crippen LogP contribution >= 0.6 is 0 Å². The van der Waals surface area contributed by atoms with Crippen LogP contribution in [0, 0.1) is 6.92 Å². The van der Waals surface area contributed by atoms with E-state index in [1.54, 1.807) is 0 Å². The summed E-state index contributed by atoms with van der Waals surface area (Å²) in [6.45, 7) is 10.8. The molecule has 182 valence electrons. The Balaban J connectivity index is 0.00000123. The summed E-state index contributed by atoms with van der Waals surface area (Å²) < 4.78 is 2.15. The Morgan fingerprint density at radius 1 is 0.622 bits per heavy atom. The van der Waals surface area contributed by atoms with Crippen molar-refractivity contribution in [1.82, 2.24) is 14.6 Å². The van der Waals surface area contributed by atoms with E-state index in [0.29, 0.717) is 0 Å². The van der Waals surface area contributed by atoms with Gasteiger partial charge in [-0.05, 0) is 46.2 Å². The molecule has 0 aliphatic heterocycles. The molecule has 2 aromatic heterocycles. The second-order valence-electron chi connectivity index (χ2n) is 10.1. The first-order valence-electron chi connectivity index (χ1n) is 13.1. The maximum absolute atomic E-state index is 4.60. The van der Waals surface area contributed by atoms with Crippen LogP contribution in [0.1, 0.15) is 44.4 Å². The van der Waals surface area contributed by atoms with Gasteiger partial charge in [-0.15, -0.1) is 10.2 Å². The van der Waals surface area contributed by atoms with E-state index in [1.807, 2.05) is 13.8 Å². The fourth-order valence-electron chi connectivity index (χ4n) is 5.71. The lowest BCUT2D eigenvalue weighted by atomic mass is 9.81. The summed E-state index contributed by atoms with van der Waals surface area (Å²) in [7, 11) is 0. The van der Waals surface area contributed by atoms with Crippen molar-refractivity contribution in [3.05, 3.63) is 114 Å². The van der Waals surface area contributed by atoms with Gasteiger partial charge in [-0.3, -0.25) is 4.40 Å². The molecule has 0 radical (unpaired) electrons. The minimum absolute atomic E-state index is 0.0362. The SMILES string of the molecule is CC.Cc1ccc(-c2nnc3c4ccccc4c(-c4ccc5c(c4)C(C)(C)c4ccccc4-5)cn23)cc1. The molecule has 0 saturated heterocycles. The third-order valence-electron chi connectivity index (χ3n) is 7.62. The van der Waals surface area contributed by atoms with Gasteiger partial charge in [0.05, 0.1) is 0 Å². The summed E-state index contributed by atoms with van der Waals surface area (Å²) in [5.41, 5.74) is 11.0. The van der Waals surface area contributed by atoms with Crippen molar-refractivity contribution in [1.29, 1.82) is 0 Å². The Kier molecular flexibility index (Phi) is 5.45. The van der Waals surface area contributed by atoms with Crippen molar-refractivity contribution < 1.29 is 0 Å². The van der Waals surface area contributed by atoms with Gasteiger partial charge in [0.1, 0.15) is 0 Å². The lowest BCUT2D eigenvalue weighted by Crippen LogP contribution is -2.14. The van der Waals surface area contributed by atoms with E-state index in [1.165, 1.54) is 44.3 Å². The Hall–Kier alpha value is -4.24. The van der Waals surface area contributed by atoms with E-state index in [0.717, 1.165) is 22.4 Å². The molecule has 0 amide bonds. The molecule has 0 fully saturated rings. The molecule has 7 rings (SSSR count). The summed E-state index contributed by atoms with van der Waals surface area (Å²) >= 11 is 0. The Bertz CT molecular complexity index is 1770.